The maximum atomic E-state index is 14.2. The van der Waals surface area contributed by atoms with E-state index in [1.165, 1.54) is 6.07 Å². The molecule has 5 heteroatoms. The number of likely N-dealkylation sites (N-methyl/N-ethyl adjacent to an activating group) is 1. The van der Waals surface area contributed by atoms with Gasteiger partial charge in [-0.05, 0) is 56.3 Å². The Morgan fingerprint density at radius 2 is 1.79 bits per heavy atom. The maximum absolute atomic E-state index is 14.2. The Labute approximate surface area is 171 Å². The summed E-state index contributed by atoms with van der Waals surface area (Å²) >= 11 is 0. The van der Waals surface area contributed by atoms with Gasteiger partial charge in [0.25, 0.3) is 0 Å². The molecule has 2 unspecified atom stereocenters. The number of carbonyl (C=O) groups excluding carboxylic acids is 1. The van der Waals surface area contributed by atoms with Gasteiger partial charge < -0.3 is 14.9 Å². The molecule has 2 aromatic carbocycles. The number of anilines is 1. The fourth-order valence-corrected chi connectivity index (χ4v) is 5.14. The number of carbonyl (C=O) groups is 1. The van der Waals surface area contributed by atoms with Gasteiger partial charge in [-0.1, -0.05) is 49.6 Å². The molecule has 4 rings (SSSR count). The molecule has 2 aliphatic rings. The van der Waals surface area contributed by atoms with Crippen LogP contribution in [0.5, 0.6) is 0 Å². The molecule has 1 aliphatic carbocycles. The van der Waals surface area contributed by atoms with E-state index in [4.69, 9.17) is 0 Å². The summed E-state index contributed by atoms with van der Waals surface area (Å²) in [5.41, 5.74) is 1.75. The lowest BCUT2D eigenvalue weighted by Gasteiger charge is -2.37. The molecule has 1 spiro atoms. The average Bonchev–Trinajstić information content (AvgIpc) is 2.92. The normalized spacial score (nSPS) is 20.2. The summed E-state index contributed by atoms with van der Waals surface area (Å²) in [6, 6.07) is 13.8. The van der Waals surface area contributed by atoms with Crippen LogP contribution < -0.4 is 4.90 Å². The predicted octanol–water partition coefficient (Wildman–Crippen LogP) is 4.04. The van der Waals surface area contributed by atoms with Crippen LogP contribution in [0.15, 0.2) is 48.5 Å². The van der Waals surface area contributed by atoms with E-state index >= 15 is 0 Å². The lowest BCUT2D eigenvalue weighted by atomic mass is 9.70. The molecule has 2 aromatic rings. The van der Waals surface area contributed by atoms with Crippen molar-refractivity contribution in [3.05, 3.63) is 65.5 Å². The Hall–Kier alpha value is -2.24. The topological polar surface area (TPSA) is 43.8 Å². The van der Waals surface area contributed by atoms with Gasteiger partial charge in [-0.3, -0.25) is 4.79 Å². The van der Waals surface area contributed by atoms with Gasteiger partial charge in [-0.25, -0.2) is 4.39 Å². The first-order valence-electron chi connectivity index (χ1n) is 10.5. The first-order chi connectivity index (χ1) is 13.9. The van der Waals surface area contributed by atoms with Crippen LogP contribution in [0.2, 0.25) is 0 Å². The SMILES string of the molecule is CN(C)CC(O)C(c1ccccc1)N1C(=O)C2(CCCCC2)c2cc(F)ccc21. The van der Waals surface area contributed by atoms with E-state index < -0.39 is 17.6 Å². The fourth-order valence-electron chi connectivity index (χ4n) is 5.14. The molecule has 0 aromatic heterocycles. The monoisotopic (exact) mass is 396 g/mol. The zero-order valence-corrected chi connectivity index (χ0v) is 17.1. The second kappa shape index (κ2) is 7.88. The summed E-state index contributed by atoms with van der Waals surface area (Å²) in [5.74, 6) is -0.307. The average molecular weight is 397 g/mol. The Bertz CT molecular complexity index is 878. The van der Waals surface area contributed by atoms with Crippen LogP contribution in [0.1, 0.15) is 49.3 Å². The molecule has 0 saturated heterocycles. The van der Waals surface area contributed by atoms with Gasteiger partial charge in [-0.2, -0.15) is 0 Å². The highest BCUT2D eigenvalue weighted by molar-refractivity contribution is 6.08. The number of benzene rings is 2. The van der Waals surface area contributed by atoms with Crippen molar-refractivity contribution in [3.63, 3.8) is 0 Å². The molecule has 1 N–H and O–H groups in total. The smallest absolute Gasteiger partial charge is 0.238 e. The van der Waals surface area contributed by atoms with Gasteiger partial charge in [0.05, 0.1) is 17.6 Å². The van der Waals surface area contributed by atoms with Crippen molar-refractivity contribution in [2.45, 2.75) is 49.7 Å². The minimum Gasteiger partial charge on any atom is -0.389 e. The first kappa shape index (κ1) is 20.0. The zero-order valence-electron chi connectivity index (χ0n) is 17.1. The van der Waals surface area contributed by atoms with Crippen molar-refractivity contribution in [2.75, 3.05) is 25.5 Å². The van der Waals surface area contributed by atoms with Crippen LogP contribution in [-0.4, -0.2) is 42.7 Å². The highest BCUT2D eigenvalue weighted by Crippen LogP contribution is 2.53. The van der Waals surface area contributed by atoms with Crippen molar-refractivity contribution in [1.29, 1.82) is 0 Å². The summed E-state index contributed by atoms with van der Waals surface area (Å²) in [6.45, 7) is 0.423. The molecule has 29 heavy (non-hydrogen) atoms. The summed E-state index contributed by atoms with van der Waals surface area (Å²) in [5, 5.41) is 11.2. The van der Waals surface area contributed by atoms with Crippen LogP contribution in [0.4, 0.5) is 10.1 Å². The molecule has 154 valence electrons. The molecule has 4 nitrogen and oxygen atoms in total. The van der Waals surface area contributed by atoms with Gasteiger partial charge in [-0.15, -0.1) is 0 Å². The van der Waals surface area contributed by atoms with Crippen LogP contribution in [0.25, 0.3) is 0 Å². The maximum Gasteiger partial charge on any atom is 0.238 e. The first-order valence-corrected chi connectivity index (χ1v) is 10.5. The quantitative estimate of drug-likeness (QED) is 0.830. The third kappa shape index (κ3) is 3.47. The number of halogens is 1. The van der Waals surface area contributed by atoms with Crippen molar-refractivity contribution in [1.82, 2.24) is 4.90 Å². The predicted molar refractivity (Wildman–Crippen MR) is 112 cm³/mol. The fraction of sp³-hybridized carbons (Fsp3) is 0.458. The summed E-state index contributed by atoms with van der Waals surface area (Å²) < 4.78 is 14.2. The summed E-state index contributed by atoms with van der Waals surface area (Å²) in [6.07, 6.45) is 3.74. The summed E-state index contributed by atoms with van der Waals surface area (Å²) in [7, 11) is 3.81. The number of aliphatic hydroxyl groups excluding tert-OH is 1. The molecule has 0 radical (unpaired) electrons. The van der Waals surface area contributed by atoms with Crippen LogP contribution >= 0.6 is 0 Å². The van der Waals surface area contributed by atoms with E-state index in [1.807, 2.05) is 49.3 Å². The van der Waals surface area contributed by atoms with E-state index in [-0.39, 0.29) is 11.7 Å². The number of hydrogen-bond acceptors (Lipinski definition) is 3. The van der Waals surface area contributed by atoms with Crippen molar-refractivity contribution in [3.8, 4) is 0 Å². The third-order valence-electron chi connectivity index (χ3n) is 6.40. The Kier molecular flexibility index (Phi) is 5.45. The van der Waals surface area contributed by atoms with Crippen LogP contribution in [0.3, 0.4) is 0 Å². The van der Waals surface area contributed by atoms with Gasteiger partial charge in [0, 0.05) is 12.2 Å². The summed E-state index contributed by atoms with van der Waals surface area (Å²) in [4.78, 5) is 17.6. The van der Waals surface area contributed by atoms with E-state index in [0.717, 1.165) is 48.9 Å². The largest absolute Gasteiger partial charge is 0.389 e. The molecule has 1 amide bonds. The molecule has 1 fully saturated rings. The van der Waals surface area contributed by atoms with Gasteiger partial charge >= 0.3 is 0 Å². The number of hydrogen-bond donors (Lipinski definition) is 1. The molecular formula is C24H29FN2O2. The highest BCUT2D eigenvalue weighted by Gasteiger charge is 2.53. The van der Waals surface area contributed by atoms with Crippen LogP contribution in [0, 0.1) is 5.82 Å². The number of fused-ring (bicyclic) bond motifs is 2. The molecular weight excluding hydrogens is 367 g/mol. The Morgan fingerprint density at radius 1 is 1.10 bits per heavy atom. The molecule has 0 bridgehead atoms. The lowest BCUT2D eigenvalue weighted by Crippen LogP contribution is -2.48. The molecule has 2 atom stereocenters. The zero-order chi connectivity index (χ0) is 20.6. The minimum absolute atomic E-state index is 0.00413. The highest BCUT2D eigenvalue weighted by atomic mass is 19.1. The van der Waals surface area contributed by atoms with Crippen molar-refractivity contribution in [2.24, 2.45) is 0 Å². The number of rotatable bonds is 5. The van der Waals surface area contributed by atoms with Gasteiger partial charge in [0.1, 0.15) is 5.82 Å². The van der Waals surface area contributed by atoms with Gasteiger partial charge in [0.15, 0.2) is 0 Å². The van der Waals surface area contributed by atoms with Crippen molar-refractivity contribution < 1.29 is 14.3 Å². The third-order valence-corrected chi connectivity index (χ3v) is 6.40. The number of aliphatic hydroxyl groups is 1. The van der Waals surface area contributed by atoms with E-state index in [9.17, 15) is 14.3 Å². The number of amides is 1. The number of nitrogens with zero attached hydrogens (tertiary/aromatic N) is 2. The Morgan fingerprint density at radius 3 is 2.45 bits per heavy atom. The van der Waals surface area contributed by atoms with Crippen molar-refractivity contribution >= 4 is 11.6 Å². The molecule has 1 aliphatic heterocycles. The lowest BCUT2D eigenvalue weighted by molar-refractivity contribution is -0.125. The van der Waals surface area contributed by atoms with Crippen LogP contribution in [-0.2, 0) is 10.2 Å². The second-order valence-electron chi connectivity index (χ2n) is 8.66. The molecule has 1 saturated carbocycles. The van der Waals surface area contributed by atoms with E-state index in [1.54, 1.807) is 17.0 Å². The van der Waals surface area contributed by atoms with Gasteiger partial charge in [0.2, 0.25) is 5.91 Å². The van der Waals surface area contributed by atoms with E-state index in [0.29, 0.717) is 6.54 Å². The Balaban J connectivity index is 1.85. The standard InChI is InChI=1S/C24H29FN2O2/c1-26(2)16-21(28)22(17-9-5-3-6-10-17)27-20-12-11-18(25)15-19(20)24(23(27)29)13-7-4-8-14-24/h3,5-6,9-12,15,21-22,28H,4,7-8,13-14,16H2,1-2H3. The van der Waals surface area contributed by atoms with E-state index in [2.05, 4.69) is 0 Å². The second-order valence-corrected chi connectivity index (χ2v) is 8.66. The minimum atomic E-state index is -0.770. The molecule has 1 heterocycles.